The predicted molar refractivity (Wildman–Crippen MR) is 267 cm³/mol. The monoisotopic (exact) mass is 1060 g/mol. The van der Waals surface area contributed by atoms with Crippen LogP contribution in [0.4, 0.5) is 10.3 Å². The van der Waals surface area contributed by atoms with Gasteiger partial charge in [-0.2, -0.15) is 8.61 Å². The molecule has 0 saturated carbocycles. The molecule has 0 amide bonds. The van der Waals surface area contributed by atoms with E-state index < -0.39 is 20.0 Å². The zero-order valence-corrected chi connectivity index (χ0v) is 43.0. The summed E-state index contributed by atoms with van der Waals surface area (Å²) in [4.78, 5) is 14.0. The maximum Gasteiger partial charge on any atom is 0.244 e. The molecule has 2 aliphatic heterocycles. The lowest BCUT2D eigenvalue weighted by molar-refractivity contribution is 0.384. The third-order valence-electron chi connectivity index (χ3n) is 11.1. The number of rotatable bonds is 10. The van der Waals surface area contributed by atoms with Crippen LogP contribution in [-0.4, -0.2) is 87.8 Å². The van der Waals surface area contributed by atoms with Gasteiger partial charge in [-0.25, -0.2) is 26.8 Å². The summed E-state index contributed by atoms with van der Waals surface area (Å²) in [5.74, 6) is 0. The first-order valence-electron chi connectivity index (χ1n) is 20.1. The van der Waals surface area contributed by atoms with Gasteiger partial charge in [0.05, 0.1) is 31.5 Å². The molecule has 0 aliphatic carbocycles. The van der Waals surface area contributed by atoms with Crippen LogP contribution in [0.2, 0.25) is 30.1 Å². The van der Waals surface area contributed by atoms with Gasteiger partial charge in [-0.05, 0) is 97.5 Å². The van der Waals surface area contributed by atoms with E-state index in [1.54, 1.807) is 48.7 Å². The molecular formula is C44H44Cl6N6O4S4. The molecule has 340 valence electrons. The highest BCUT2D eigenvalue weighted by Gasteiger charge is 2.33. The molecule has 6 aromatic rings. The molecule has 0 spiro atoms. The quantitative estimate of drug-likeness (QED) is 0.134. The van der Waals surface area contributed by atoms with Crippen LogP contribution in [0.5, 0.6) is 0 Å². The number of aromatic nitrogens is 2. The van der Waals surface area contributed by atoms with Crippen LogP contribution >= 0.6 is 92.3 Å². The van der Waals surface area contributed by atoms with Gasteiger partial charge in [-0.1, -0.05) is 93.9 Å². The highest BCUT2D eigenvalue weighted by molar-refractivity contribution is 7.89. The van der Waals surface area contributed by atoms with Gasteiger partial charge in [-0.3, -0.25) is 0 Å². The minimum absolute atomic E-state index is 0.0904. The van der Waals surface area contributed by atoms with Gasteiger partial charge in [-0.15, -0.1) is 22.7 Å². The summed E-state index contributed by atoms with van der Waals surface area (Å²) in [6.07, 6.45) is 1.44. The Kier molecular flexibility index (Phi) is 15.9. The van der Waals surface area contributed by atoms with Gasteiger partial charge < -0.3 is 9.80 Å². The fraction of sp³-hybridized carbons (Fsp3) is 0.318. The van der Waals surface area contributed by atoms with Crippen LogP contribution in [0.1, 0.15) is 44.8 Å². The van der Waals surface area contributed by atoms with Crippen molar-refractivity contribution in [1.82, 2.24) is 18.6 Å². The molecule has 4 heterocycles. The Balaban J connectivity index is 0.000000191. The minimum atomic E-state index is -3.70. The van der Waals surface area contributed by atoms with E-state index in [2.05, 4.69) is 47.2 Å². The summed E-state index contributed by atoms with van der Waals surface area (Å²) in [7, 11) is -7.39. The molecule has 2 saturated heterocycles. The van der Waals surface area contributed by atoms with Crippen molar-refractivity contribution < 1.29 is 16.8 Å². The van der Waals surface area contributed by atoms with E-state index in [0.717, 1.165) is 33.6 Å². The molecule has 10 nitrogen and oxygen atoms in total. The average Bonchev–Trinajstić information content (AvgIpc) is 3.93. The average molecular weight is 1060 g/mol. The van der Waals surface area contributed by atoms with E-state index in [9.17, 15) is 16.8 Å². The van der Waals surface area contributed by atoms with E-state index >= 15 is 0 Å². The normalized spacial score (nSPS) is 15.3. The van der Waals surface area contributed by atoms with E-state index in [4.69, 9.17) is 79.6 Å². The number of hydrogen-bond donors (Lipinski definition) is 0. The van der Waals surface area contributed by atoms with Gasteiger partial charge in [0.15, 0.2) is 10.3 Å². The van der Waals surface area contributed by atoms with E-state index in [1.807, 2.05) is 17.5 Å². The first-order chi connectivity index (χ1) is 30.3. The third-order valence-corrected chi connectivity index (χ3v) is 19.3. The summed E-state index contributed by atoms with van der Waals surface area (Å²) in [6.45, 7) is 11.5. The van der Waals surface area contributed by atoms with Crippen LogP contribution in [0.15, 0.2) is 81.2 Å². The van der Waals surface area contributed by atoms with E-state index in [-0.39, 0.29) is 19.8 Å². The van der Waals surface area contributed by atoms with Crippen LogP contribution in [0.25, 0.3) is 0 Å². The van der Waals surface area contributed by atoms with Crippen LogP contribution in [-0.2, 0) is 32.9 Å². The predicted octanol–water partition coefficient (Wildman–Crippen LogP) is 11.6. The lowest BCUT2D eigenvalue weighted by Crippen LogP contribution is -2.48. The maximum absolute atomic E-state index is 13.1. The molecule has 0 bridgehead atoms. The van der Waals surface area contributed by atoms with Crippen LogP contribution in [0, 0.1) is 27.7 Å². The molecule has 0 N–H and O–H groups in total. The number of halogens is 6. The topological polar surface area (TPSA) is 107 Å². The summed E-state index contributed by atoms with van der Waals surface area (Å²) < 4.78 is 55.5. The maximum atomic E-state index is 13.1. The van der Waals surface area contributed by atoms with Crippen molar-refractivity contribution in [2.24, 2.45) is 0 Å². The highest BCUT2D eigenvalue weighted by Crippen LogP contribution is 2.34. The number of sulfonamides is 2. The minimum Gasteiger partial charge on any atom is -0.345 e. The number of anilines is 2. The van der Waals surface area contributed by atoms with Crippen molar-refractivity contribution in [2.45, 2.75) is 50.3 Å². The number of nitrogens with zero attached hydrogens (tertiary/aromatic N) is 6. The Labute approximate surface area is 413 Å². The first kappa shape index (κ1) is 49.2. The van der Waals surface area contributed by atoms with E-state index in [1.165, 1.54) is 43.5 Å². The molecule has 2 aliphatic rings. The largest absolute Gasteiger partial charge is 0.345 e. The lowest BCUT2D eigenvalue weighted by Gasteiger charge is -2.34. The lowest BCUT2D eigenvalue weighted by atomic mass is 10.0. The van der Waals surface area contributed by atoms with Crippen molar-refractivity contribution in [2.75, 3.05) is 62.2 Å². The fourth-order valence-corrected chi connectivity index (χ4v) is 13.7. The smallest absolute Gasteiger partial charge is 0.244 e. The second kappa shape index (κ2) is 20.7. The zero-order valence-electron chi connectivity index (χ0n) is 35.2. The second-order valence-electron chi connectivity index (χ2n) is 15.6. The zero-order chi connectivity index (χ0) is 46.1. The molecular weight excluding hydrogens is 1020 g/mol. The van der Waals surface area contributed by atoms with Gasteiger partial charge >= 0.3 is 0 Å². The summed E-state index contributed by atoms with van der Waals surface area (Å²) in [6, 6.07) is 18.1. The van der Waals surface area contributed by atoms with Crippen molar-refractivity contribution in [3.8, 4) is 0 Å². The Hall–Kier alpha value is -2.70. The Bertz CT molecular complexity index is 2700. The Morgan fingerprint density at radius 2 is 0.891 bits per heavy atom. The molecule has 8 rings (SSSR count). The van der Waals surface area contributed by atoms with Crippen molar-refractivity contribution in [3.63, 3.8) is 0 Å². The van der Waals surface area contributed by atoms with E-state index in [0.29, 0.717) is 90.0 Å². The fourth-order valence-electron chi connectivity index (χ4n) is 7.20. The number of benzene rings is 4. The van der Waals surface area contributed by atoms with Crippen LogP contribution in [0.3, 0.4) is 0 Å². The highest BCUT2D eigenvalue weighted by atomic mass is 35.5. The number of piperazine rings is 2. The SMILES string of the molecule is Cc1cc(S(=O)(=O)N2CCN(c3nc(Cc4ccc(Cl)c(Cl)c4)cs3)CC2)c(Cl)cc1Cl.Cc1ccc(Cc2csc(N3CCN(S(=O)(=O)c4cc(C)c(Cl)cc4Cl)CC3)n2)cc1C. The van der Waals surface area contributed by atoms with Gasteiger partial charge in [0.25, 0.3) is 0 Å². The molecule has 0 atom stereocenters. The Morgan fingerprint density at radius 1 is 0.469 bits per heavy atom. The number of hydrogen-bond acceptors (Lipinski definition) is 10. The molecule has 0 radical (unpaired) electrons. The van der Waals surface area contributed by atoms with Crippen molar-refractivity contribution in [3.05, 3.63) is 146 Å². The molecule has 2 aromatic heterocycles. The van der Waals surface area contributed by atoms with Gasteiger partial charge in [0.1, 0.15) is 9.79 Å². The van der Waals surface area contributed by atoms with Crippen molar-refractivity contribution >= 4 is 123 Å². The van der Waals surface area contributed by atoms with Crippen molar-refractivity contribution in [1.29, 1.82) is 0 Å². The summed E-state index contributed by atoms with van der Waals surface area (Å²) in [5, 5.41) is 8.14. The molecule has 4 aromatic carbocycles. The first-order valence-corrected chi connectivity index (χ1v) is 27.0. The molecule has 64 heavy (non-hydrogen) atoms. The third kappa shape index (κ3) is 11.3. The molecule has 20 heteroatoms. The number of aryl methyl sites for hydroxylation is 4. The van der Waals surface area contributed by atoms with Crippen LogP contribution < -0.4 is 9.80 Å². The summed E-state index contributed by atoms with van der Waals surface area (Å²) in [5.41, 5.74) is 8.17. The molecule has 2 fully saturated rings. The van der Waals surface area contributed by atoms with Gasteiger partial charge in [0, 0.05) is 86.0 Å². The Morgan fingerprint density at radius 3 is 1.31 bits per heavy atom. The van der Waals surface area contributed by atoms with Gasteiger partial charge in [0.2, 0.25) is 20.0 Å². The second-order valence-corrected chi connectivity index (χ2v) is 23.5. The summed E-state index contributed by atoms with van der Waals surface area (Å²) >= 11 is 39.8. The standard InChI is InChI=1S/C23H25Cl2N3O2S2.C21H19Cl4N3O2S2/c1-15-4-5-18(10-16(15)2)12-19-14-31-23(26-19)27-6-8-28(9-7-27)32(29,30)22-11-17(3)20(24)13-21(22)25;1-13-8-20(19(25)11-17(13)23)32(29,30)28-6-4-27(5-7-28)21-26-15(12-31-21)9-14-2-3-16(22)18(24)10-14/h4-5,10-11,13-14H,6-9,12H2,1-3H3;2-3,8,10-12H,4-7,9H2,1H3. The molecule has 0 unspecified atom stereocenters. The number of thiazole rings is 2.